The number of benzene rings is 1. The van der Waals surface area contributed by atoms with Crippen LogP contribution in [0.3, 0.4) is 0 Å². The van der Waals surface area contributed by atoms with Crippen molar-refractivity contribution in [3.05, 3.63) is 65.7 Å². The van der Waals surface area contributed by atoms with Gasteiger partial charge in [0.05, 0.1) is 18.9 Å². The SMILES string of the molecule is Cc1cnn(Cc2cn(C(C(=O)N(C)C)c3ccccc3)nn2)c1. The lowest BCUT2D eigenvalue weighted by atomic mass is 10.1. The monoisotopic (exact) mass is 324 g/mol. The Hall–Kier alpha value is -2.96. The fourth-order valence-corrected chi connectivity index (χ4v) is 2.52. The van der Waals surface area contributed by atoms with Crippen LogP contribution in [0.25, 0.3) is 0 Å². The summed E-state index contributed by atoms with van der Waals surface area (Å²) in [4.78, 5) is 14.2. The minimum atomic E-state index is -0.526. The summed E-state index contributed by atoms with van der Waals surface area (Å²) in [6.07, 6.45) is 5.54. The quantitative estimate of drug-likeness (QED) is 0.713. The molecule has 0 saturated heterocycles. The van der Waals surface area contributed by atoms with Crippen molar-refractivity contribution in [2.24, 2.45) is 0 Å². The van der Waals surface area contributed by atoms with Gasteiger partial charge in [0.25, 0.3) is 5.91 Å². The summed E-state index contributed by atoms with van der Waals surface area (Å²) in [6.45, 7) is 2.51. The lowest BCUT2D eigenvalue weighted by Crippen LogP contribution is -2.32. The highest BCUT2D eigenvalue weighted by molar-refractivity contribution is 5.83. The van der Waals surface area contributed by atoms with E-state index >= 15 is 0 Å². The predicted octanol–water partition coefficient (Wildman–Crippen LogP) is 1.51. The summed E-state index contributed by atoms with van der Waals surface area (Å²) in [5.41, 5.74) is 2.72. The average molecular weight is 324 g/mol. The van der Waals surface area contributed by atoms with Gasteiger partial charge in [0, 0.05) is 20.3 Å². The van der Waals surface area contributed by atoms with E-state index in [1.54, 1.807) is 40.8 Å². The van der Waals surface area contributed by atoms with E-state index < -0.39 is 6.04 Å². The molecule has 0 aliphatic heterocycles. The molecule has 7 nitrogen and oxygen atoms in total. The fourth-order valence-electron chi connectivity index (χ4n) is 2.52. The van der Waals surface area contributed by atoms with Crippen molar-refractivity contribution in [3.8, 4) is 0 Å². The summed E-state index contributed by atoms with van der Waals surface area (Å²) in [6, 6.07) is 9.06. The molecule has 1 aromatic carbocycles. The van der Waals surface area contributed by atoms with Crippen molar-refractivity contribution in [3.63, 3.8) is 0 Å². The number of rotatable bonds is 5. The molecule has 0 spiro atoms. The molecule has 1 atom stereocenters. The summed E-state index contributed by atoms with van der Waals surface area (Å²) in [5.74, 6) is -0.0485. The first-order valence-electron chi connectivity index (χ1n) is 7.70. The maximum atomic E-state index is 12.6. The van der Waals surface area contributed by atoms with Gasteiger partial charge in [0.15, 0.2) is 6.04 Å². The standard InChI is InChI=1S/C17H20N6O/c1-13-9-18-22(10-13)11-15-12-23(20-19-15)16(17(24)21(2)3)14-7-5-4-6-8-14/h4-10,12,16H,11H2,1-3H3. The van der Waals surface area contributed by atoms with Crippen LogP contribution in [0.5, 0.6) is 0 Å². The van der Waals surface area contributed by atoms with Gasteiger partial charge in [-0.25, -0.2) is 4.68 Å². The molecule has 2 heterocycles. The molecule has 0 aliphatic rings. The van der Waals surface area contributed by atoms with Crippen LogP contribution in [0.4, 0.5) is 0 Å². The number of hydrogen-bond acceptors (Lipinski definition) is 4. The number of hydrogen-bond donors (Lipinski definition) is 0. The first-order chi connectivity index (χ1) is 11.5. The van der Waals surface area contributed by atoms with Gasteiger partial charge >= 0.3 is 0 Å². The van der Waals surface area contributed by atoms with Crippen molar-refractivity contribution in [2.45, 2.75) is 19.5 Å². The zero-order chi connectivity index (χ0) is 17.1. The van der Waals surface area contributed by atoms with Gasteiger partial charge in [0.1, 0.15) is 5.69 Å². The molecule has 3 aromatic rings. The lowest BCUT2D eigenvalue weighted by Gasteiger charge is -2.20. The number of carbonyl (C=O) groups excluding carboxylic acids is 1. The first-order valence-corrected chi connectivity index (χ1v) is 7.70. The Kier molecular flexibility index (Phi) is 4.41. The molecule has 0 aliphatic carbocycles. The van der Waals surface area contributed by atoms with Gasteiger partial charge in [-0.3, -0.25) is 9.48 Å². The van der Waals surface area contributed by atoms with Gasteiger partial charge in [-0.15, -0.1) is 5.10 Å². The van der Waals surface area contributed by atoms with Crippen LogP contribution in [-0.2, 0) is 11.3 Å². The Bertz CT molecular complexity index is 820. The zero-order valence-electron chi connectivity index (χ0n) is 14.0. The molecule has 124 valence electrons. The smallest absolute Gasteiger partial charge is 0.251 e. The van der Waals surface area contributed by atoms with Crippen LogP contribution in [0.2, 0.25) is 0 Å². The van der Waals surface area contributed by atoms with Crippen molar-refractivity contribution < 1.29 is 4.79 Å². The van der Waals surface area contributed by atoms with E-state index in [1.807, 2.05) is 43.5 Å². The molecular weight excluding hydrogens is 304 g/mol. The third-order valence-electron chi connectivity index (χ3n) is 3.70. The predicted molar refractivity (Wildman–Crippen MR) is 89.4 cm³/mol. The molecule has 2 aromatic heterocycles. The molecule has 0 fully saturated rings. The number of nitrogens with zero attached hydrogens (tertiary/aromatic N) is 6. The highest BCUT2D eigenvalue weighted by Gasteiger charge is 2.25. The second kappa shape index (κ2) is 6.66. The molecule has 7 heteroatoms. The maximum absolute atomic E-state index is 12.6. The average Bonchev–Trinajstić information content (AvgIpc) is 3.18. The van der Waals surface area contributed by atoms with Gasteiger partial charge in [-0.1, -0.05) is 35.5 Å². The van der Waals surface area contributed by atoms with Gasteiger partial charge in [0.2, 0.25) is 0 Å². The Morgan fingerprint density at radius 2 is 1.96 bits per heavy atom. The van der Waals surface area contributed by atoms with Gasteiger partial charge in [-0.05, 0) is 18.1 Å². The summed E-state index contributed by atoms with van der Waals surface area (Å²) in [7, 11) is 3.48. The van der Waals surface area contributed by atoms with Gasteiger partial charge in [-0.2, -0.15) is 5.10 Å². The third kappa shape index (κ3) is 3.34. The minimum Gasteiger partial charge on any atom is -0.347 e. The maximum Gasteiger partial charge on any atom is 0.251 e. The normalized spacial score (nSPS) is 12.1. The second-order valence-electron chi connectivity index (χ2n) is 5.95. The van der Waals surface area contributed by atoms with Crippen molar-refractivity contribution in [2.75, 3.05) is 14.1 Å². The van der Waals surface area contributed by atoms with E-state index in [0.717, 1.165) is 16.8 Å². The Balaban J connectivity index is 1.90. The van der Waals surface area contributed by atoms with Crippen molar-refractivity contribution >= 4 is 5.91 Å². The molecule has 1 unspecified atom stereocenters. The Labute approximate surface area is 140 Å². The topological polar surface area (TPSA) is 68.8 Å². The molecule has 0 radical (unpaired) electrons. The molecule has 0 N–H and O–H groups in total. The van der Waals surface area contributed by atoms with E-state index in [4.69, 9.17) is 0 Å². The van der Waals surface area contributed by atoms with Crippen LogP contribution in [0.1, 0.15) is 22.9 Å². The molecule has 24 heavy (non-hydrogen) atoms. The summed E-state index contributed by atoms with van der Waals surface area (Å²) in [5, 5.41) is 12.6. The highest BCUT2D eigenvalue weighted by Crippen LogP contribution is 2.19. The highest BCUT2D eigenvalue weighted by atomic mass is 16.2. The van der Waals surface area contributed by atoms with Crippen LogP contribution in [-0.4, -0.2) is 49.7 Å². The molecular formula is C17H20N6O. The fraction of sp³-hybridized carbons (Fsp3) is 0.294. The van der Waals surface area contributed by atoms with Crippen LogP contribution in [0, 0.1) is 6.92 Å². The minimum absolute atomic E-state index is 0.0485. The number of amides is 1. The molecule has 1 amide bonds. The second-order valence-corrected chi connectivity index (χ2v) is 5.95. The first kappa shape index (κ1) is 15.9. The summed E-state index contributed by atoms with van der Waals surface area (Å²) >= 11 is 0. The van der Waals surface area contributed by atoms with E-state index in [0.29, 0.717) is 6.54 Å². The van der Waals surface area contributed by atoms with E-state index in [2.05, 4.69) is 15.4 Å². The lowest BCUT2D eigenvalue weighted by molar-refractivity contribution is -0.131. The molecule has 3 rings (SSSR count). The molecule has 0 saturated carbocycles. The van der Waals surface area contributed by atoms with Crippen molar-refractivity contribution in [1.82, 2.24) is 29.7 Å². The van der Waals surface area contributed by atoms with E-state index in [9.17, 15) is 4.79 Å². The van der Waals surface area contributed by atoms with E-state index in [1.165, 1.54) is 0 Å². The Morgan fingerprint density at radius 3 is 2.58 bits per heavy atom. The number of carbonyl (C=O) groups is 1. The van der Waals surface area contributed by atoms with Gasteiger partial charge < -0.3 is 4.90 Å². The Morgan fingerprint density at radius 1 is 1.21 bits per heavy atom. The third-order valence-corrected chi connectivity index (χ3v) is 3.70. The number of likely N-dealkylation sites (N-methyl/N-ethyl adjacent to an activating group) is 1. The van der Waals surface area contributed by atoms with Crippen LogP contribution in [0.15, 0.2) is 48.9 Å². The number of aryl methyl sites for hydroxylation is 1. The molecule has 0 bridgehead atoms. The zero-order valence-corrected chi connectivity index (χ0v) is 14.0. The van der Waals surface area contributed by atoms with Crippen LogP contribution < -0.4 is 0 Å². The largest absolute Gasteiger partial charge is 0.347 e. The summed E-state index contributed by atoms with van der Waals surface area (Å²) < 4.78 is 3.42. The van der Waals surface area contributed by atoms with E-state index in [-0.39, 0.29) is 5.91 Å². The van der Waals surface area contributed by atoms with Crippen molar-refractivity contribution in [1.29, 1.82) is 0 Å². The number of aromatic nitrogens is 5. The van der Waals surface area contributed by atoms with Crippen LogP contribution >= 0.6 is 0 Å².